The lowest BCUT2D eigenvalue weighted by Gasteiger charge is -2.42. The van der Waals surface area contributed by atoms with Crippen LogP contribution in [0.4, 0.5) is 5.69 Å². The van der Waals surface area contributed by atoms with Gasteiger partial charge in [0, 0.05) is 29.6 Å². The molecule has 104 valence electrons. The lowest BCUT2D eigenvalue weighted by Crippen LogP contribution is -2.57. The van der Waals surface area contributed by atoms with Crippen LogP contribution in [0.1, 0.15) is 26.2 Å². The van der Waals surface area contributed by atoms with Gasteiger partial charge in [-0.3, -0.25) is 0 Å². The topological polar surface area (TPSA) is 15.3 Å². The summed E-state index contributed by atoms with van der Waals surface area (Å²) >= 11 is 9.92. The third-order valence-electron chi connectivity index (χ3n) is 4.33. The fourth-order valence-electron chi connectivity index (χ4n) is 3.01. The van der Waals surface area contributed by atoms with Gasteiger partial charge in [-0.2, -0.15) is 0 Å². The molecule has 2 nitrogen and oxygen atoms in total. The molecule has 1 aromatic rings. The summed E-state index contributed by atoms with van der Waals surface area (Å²) in [6, 6.07) is 7.42. The molecule has 1 aromatic carbocycles. The summed E-state index contributed by atoms with van der Waals surface area (Å²) in [5.74, 6) is 0.884. The lowest BCUT2D eigenvalue weighted by atomic mass is 10.0. The number of halogens is 2. The predicted octanol–water partition coefficient (Wildman–Crippen LogP) is 4.07. The zero-order valence-electron chi connectivity index (χ0n) is 11.2. The van der Waals surface area contributed by atoms with E-state index in [1.165, 1.54) is 18.5 Å². The summed E-state index contributed by atoms with van der Waals surface area (Å²) in [4.78, 5) is 2.51. The van der Waals surface area contributed by atoms with Crippen LogP contribution in [0, 0.1) is 5.92 Å². The molecule has 19 heavy (non-hydrogen) atoms. The van der Waals surface area contributed by atoms with Gasteiger partial charge in [0.2, 0.25) is 0 Å². The van der Waals surface area contributed by atoms with Crippen molar-refractivity contribution in [1.82, 2.24) is 5.32 Å². The number of nitrogens with one attached hydrogen (secondary N) is 1. The van der Waals surface area contributed by atoms with E-state index in [4.69, 9.17) is 11.6 Å². The Kier molecular flexibility index (Phi) is 4.06. The molecule has 0 bridgehead atoms. The Morgan fingerprint density at radius 2 is 2.21 bits per heavy atom. The number of hydrogen-bond acceptors (Lipinski definition) is 2. The van der Waals surface area contributed by atoms with Gasteiger partial charge in [-0.1, -0.05) is 34.5 Å². The van der Waals surface area contributed by atoms with Crippen molar-refractivity contribution in [2.45, 2.75) is 38.3 Å². The summed E-state index contributed by atoms with van der Waals surface area (Å²) < 4.78 is 1.04. The highest BCUT2D eigenvalue weighted by Crippen LogP contribution is 2.37. The van der Waals surface area contributed by atoms with Gasteiger partial charge in [0.25, 0.3) is 0 Å². The third-order valence-corrected chi connectivity index (χ3v) is 5.13. The van der Waals surface area contributed by atoms with Gasteiger partial charge in [0.15, 0.2) is 0 Å². The standard InChI is InChI=1S/C15H20BrClN2/c1-2-12-8-18-14(10-3-4-10)9-19(12)15-6-5-11(16)7-13(15)17/h5-7,10,12,14,18H,2-4,8-9H2,1H3. The Hall–Kier alpha value is -0.250. The molecule has 2 atom stereocenters. The maximum absolute atomic E-state index is 6.44. The van der Waals surface area contributed by atoms with E-state index in [1.807, 2.05) is 6.07 Å². The molecular weight excluding hydrogens is 324 g/mol. The number of hydrogen-bond donors (Lipinski definition) is 1. The predicted molar refractivity (Wildman–Crippen MR) is 85.1 cm³/mol. The molecule has 0 spiro atoms. The molecule has 3 rings (SSSR count). The molecule has 0 radical (unpaired) electrons. The first-order valence-corrected chi connectivity index (χ1v) is 8.31. The molecule has 2 aliphatic rings. The zero-order chi connectivity index (χ0) is 13.4. The Labute approximate surface area is 128 Å². The first-order valence-electron chi connectivity index (χ1n) is 7.14. The molecule has 1 saturated carbocycles. The molecule has 1 aliphatic carbocycles. The van der Waals surface area contributed by atoms with Crippen LogP contribution in [0.15, 0.2) is 22.7 Å². The van der Waals surface area contributed by atoms with Crippen molar-refractivity contribution >= 4 is 33.2 Å². The van der Waals surface area contributed by atoms with E-state index >= 15 is 0 Å². The normalized spacial score (nSPS) is 27.6. The van der Waals surface area contributed by atoms with Crippen molar-refractivity contribution in [3.05, 3.63) is 27.7 Å². The largest absolute Gasteiger partial charge is 0.365 e. The SMILES string of the molecule is CCC1CNC(C2CC2)CN1c1ccc(Br)cc1Cl. The van der Waals surface area contributed by atoms with E-state index in [0.717, 1.165) is 34.9 Å². The molecule has 1 heterocycles. The van der Waals surface area contributed by atoms with Gasteiger partial charge in [-0.15, -0.1) is 0 Å². The van der Waals surface area contributed by atoms with Gasteiger partial charge in [-0.05, 0) is 43.4 Å². The van der Waals surface area contributed by atoms with Crippen LogP contribution in [0.5, 0.6) is 0 Å². The van der Waals surface area contributed by atoms with E-state index in [-0.39, 0.29) is 0 Å². The first kappa shape index (κ1) is 13.7. The van der Waals surface area contributed by atoms with E-state index in [0.29, 0.717) is 12.1 Å². The highest BCUT2D eigenvalue weighted by molar-refractivity contribution is 9.10. The maximum Gasteiger partial charge on any atom is 0.0650 e. The molecule has 2 fully saturated rings. The van der Waals surface area contributed by atoms with Crippen molar-refractivity contribution in [3.63, 3.8) is 0 Å². The van der Waals surface area contributed by atoms with Crippen molar-refractivity contribution in [2.75, 3.05) is 18.0 Å². The molecule has 1 aliphatic heterocycles. The molecule has 1 saturated heterocycles. The molecule has 0 aromatic heterocycles. The van der Waals surface area contributed by atoms with Crippen LogP contribution >= 0.6 is 27.5 Å². The summed E-state index contributed by atoms with van der Waals surface area (Å²) in [7, 11) is 0. The second-order valence-corrected chi connectivity index (χ2v) is 6.99. The van der Waals surface area contributed by atoms with Crippen LogP contribution < -0.4 is 10.2 Å². The van der Waals surface area contributed by atoms with Crippen molar-refractivity contribution < 1.29 is 0 Å². The highest BCUT2D eigenvalue weighted by Gasteiger charge is 2.37. The van der Waals surface area contributed by atoms with E-state index in [9.17, 15) is 0 Å². The number of piperazine rings is 1. The fourth-order valence-corrected chi connectivity index (χ4v) is 3.79. The summed E-state index contributed by atoms with van der Waals surface area (Å²) in [5.41, 5.74) is 1.18. The van der Waals surface area contributed by atoms with Crippen LogP contribution in [-0.4, -0.2) is 25.2 Å². The minimum Gasteiger partial charge on any atom is -0.365 e. The molecule has 4 heteroatoms. The number of anilines is 1. The number of nitrogens with zero attached hydrogens (tertiary/aromatic N) is 1. The second-order valence-electron chi connectivity index (χ2n) is 5.66. The number of rotatable bonds is 3. The average Bonchev–Trinajstić information content (AvgIpc) is 3.22. The van der Waals surface area contributed by atoms with Gasteiger partial charge in [0.1, 0.15) is 0 Å². The summed E-state index contributed by atoms with van der Waals surface area (Å²) in [5, 5.41) is 4.57. The lowest BCUT2D eigenvalue weighted by molar-refractivity contribution is 0.360. The van der Waals surface area contributed by atoms with Crippen LogP contribution in [-0.2, 0) is 0 Å². The molecular formula is C15H20BrClN2. The average molecular weight is 344 g/mol. The van der Waals surface area contributed by atoms with Crippen LogP contribution in [0.25, 0.3) is 0 Å². The maximum atomic E-state index is 6.44. The molecule has 2 unspecified atom stereocenters. The van der Waals surface area contributed by atoms with Crippen LogP contribution in [0.2, 0.25) is 5.02 Å². The van der Waals surface area contributed by atoms with E-state index in [1.54, 1.807) is 0 Å². The zero-order valence-corrected chi connectivity index (χ0v) is 13.5. The van der Waals surface area contributed by atoms with Crippen molar-refractivity contribution in [3.8, 4) is 0 Å². The van der Waals surface area contributed by atoms with Gasteiger partial charge in [0.05, 0.1) is 10.7 Å². The number of benzene rings is 1. The highest BCUT2D eigenvalue weighted by atomic mass is 79.9. The third kappa shape index (κ3) is 2.93. The Morgan fingerprint density at radius 1 is 1.42 bits per heavy atom. The smallest absolute Gasteiger partial charge is 0.0650 e. The monoisotopic (exact) mass is 342 g/mol. The first-order chi connectivity index (χ1) is 9.19. The molecule has 1 N–H and O–H groups in total. The summed E-state index contributed by atoms with van der Waals surface area (Å²) in [6.45, 7) is 4.41. The van der Waals surface area contributed by atoms with E-state index < -0.39 is 0 Å². The second kappa shape index (κ2) is 5.63. The Balaban J connectivity index is 1.85. The van der Waals surface area contributed by atoms with Crippen molar-refractivity contribution in [1.29, 1.82) is 0 Å². The fraction of sp³-hybridized carbons (Fsp3) is 0.600. The minimum absolute atomic E-state index is 0.550. The Bertz CT molecular complexity index is 461. The van der Waals surface area contributed by atoms with Gasteiger partial charge < -0.3 is 10.2 Å². The van der Waals surface area contributed by atoms with Gasteiger partial charge in [-0.25, -0.2) is 0 Å². The Morgan fingerprint density at radius 3 is 2.84 bits per heavy atom. The van der Waals surface area contributed by atoms with Crippen LogP contribution in [0.3, 0.4) is 0 Å². The van der Waals surface area contributed by atoms with E-state index in [2.05, 4.69) is 45.2 Å². The quantitative estimate of drug-likeness (QED) is 0.890. The molecule has 0 amide bonds. The van der Waals surface area contributed by atoms with Gasteiger partial charge >= 0.3 is 0 Å². The minimum atomic E-state index is 0.550. The summed E-state index contributed by atoms with van der Waals surface area (Å²) in [6.07, 6.45) is 3.92. The van der Waals surface area contributed by atoms with Crippen molar-refractivity contribution in [2.24, 2.45) is 5.92 Å².